The fraction of sp³-hybridized carbons (Fsp3) is 0.273. The maximum absolute atomic E-state index is 10.6. The summed E-state index contributed by atoms with van der Waals surface area (Å²) in [5.41, 5.74) is 7.16. The Kier molecular flexibility index (Phi) is 5.74. The first-order chi connectivity index (χ1) is 10.1. The molecule has 0 aromatic carbocycles. The lowest BCUT2D eigenvalue weighted by molar-refractivity contribution is -0.192. The lowest BCUT2D eigenvalue weighted by atomic mass is 10.2. The third-order valence-corrected chi connectivity index (χ3v) is 2.68. The van der Waals surface area contributed by atoms with E-state index in [0.717, 1.165) is 11.3 Å². The van der Waals surface area contributed by atoms with E-state index in [4.69, 9.17) is 20.1 Å². The molecule has 11 heteroatoms. The predicted octanol–water partition coefficient (Wildman–Crippen LogP) is 2.38. The standard InChI is InChI=1S/C9H10N4OS.C2HF3O2/c1-5-6(3-4-7(10)11-5)8-12-13-9(14-8)15-2;3-2(4,5)1(6)7/h3-4H,1-2H3,(H2,10,11);(H,6,7). The molecule has 2 heterocycles. The quantitative estimate of drug-likeness (QED) is 0.803. The van der Waals surface area contributed by atoms with Gasteiger partial charge in [0, 0.05) is 0 Å². The lowest BCUT2D eigenvalue weighted by Gasteiger charge is -2.00. The number of pyridine rings is 1. The Morgan fingerprint density at radius 2 is 1.95 bits per heavy atom. The summed E-state index contributed by atoms with van der Waals surface area (Å²) in [6.45, 7) is 1.86. The monoisotopic (exact) mass is 336 g/mol. The minimum atomic E-state index is -5.08. The van der Waals surface area contributed by atoms with Crippen molar-refractivity contribution >= 4 is 23.5 Å². The van der Waals surface area contributed by atoms with Crippen LogP contribution in [0.4, 0.5) is 19.0 Å². The Bertz CT molecular complexity index is 660. The number of carbonyl (C=O) groups is 1. The lowest BCUT2D eigenvalue weighted by Crippen LogP contribution is -2.21. The molecule has 7 nitrogen and oxygen atoms in total. The van der Waals surface area contributed by atoms with Crippen molar-refractivity contribution < 1.29 is 27.5 Å². The number of rotatable bonds is 2. The second kappa shape index (κ2) is 7.11. The molecule has 2 aromatic rings. The summed E-state index contributed by atoms with van der Waals surface area (Å²) in [5, 5.41) is 15.5. The van der Waals surface area contributed by atoms with Gasteiger partial charge in [0.05, 0.1) is 11.3 Å². The Hall–Kier alpha value is -2.30. The van der Waals surface area contributed by atoms with Crippen molar-refractivity contribution in [2.24, 2.45) is 0 Å². The smallest absolute Gasteiger partial charge is 0.475 e. The van der Waals surface area contributed by atoms with Gasteiger partial charge in [-0.15, -0.1) is 10.2 Å². The number of hydrogen-bond donors (Lipinski definition) is 2. The summed E-state index contributed by atoms with van der Waals surface area (Å²) in [7, 11) is 0. The normalized spacial score (nSPS) is 10.8. The van der Waals surface area contributed by atoms with Crippen LogP contribution < -0.4 is 5.73 Å². The van der Waals surface area contributed by atoms with E-state index in [1.165, 1.54) is 11.8 Å². The van der Waals surface area contributed by atoms with Gasteiger partial charge in [0.1, 0.15) is 5.82 Å². The molecule has 0 atom stereocenters. The van der Waals surface area contributed by atoms with Gasteiger partial charge in [-0.3, -0.25) is 0 Å². The first-order valence-corrected chi connectivity index (χ1v) is 6.78. The van der Waals surface area contributed by atoms with Crippen LogP contribution in [0.5, 0.6) is 0 Å². The molecule has 3 N–H and O–H groups in total. The number of alkyl halides is 3. The highest BCUT2D eigenvalue weighted by Gasteiger charge is 2.38. The highest BCUT2D eigenvalue weighted by Crippen LogP contribution is 2.24. The molecule has 0 aliphatic rings. The molecule has 0 saturated heterocycles. The van der Waals surface area contributed by atoms with Gasteiger partial charge in [0.15, 0.2) is 0 Å². The summed E-state index contributed by atoms with van der Waals surface area (Å²) in [6.07, 6.45) is -3.20. The van der Waals surface area contributed by atoms with E-state index in [0.29, 0.717) is 16.9 Å². The summed E-state index contributed by atoms with van der Waals surface area (Å²) >= 11 is 1.41. The van der Waals surface area contributed by atoms with Crippen LogP contribution in [0.25, 0.3) is 11.5 Å². The third-order valence-electron chi connectivity index (χ3n) is 2.16. The molecule has 2 aromatic heterocycles. The summed E-state index contributed by atoms with van der Waals surface area (Å²) in [5.74, 6) is -1.79. The summed E-state index contributed by atoms with van der Waals surface area (Å²) in [4.78, 5) is 13.0. The first-order valence-electron chi connectivity index (χ1n) is 5.56. The minimum Gasteiger partial charge on any atom is -0.475 e. The topological polar surface area (TPSA) is 115 Å². The summed E-state index contributed by atoms with van der Waals surface area (Å²) in [6, 6.07) is 3.54. The molecule has 120 valence electrons. The van der Waals surface area contributed by atoms with Gasteiger partial charge in [0.2, 0.25) is 0 Å². The van der Waals surface area contributed by atoms with Crippen molar-refractivity contribution in [1.82, 2.24) is 15.2 Å². The fourth-order valence-corrected chi connectivity index (χ4v) is 1.49. The van der Waals surface area contributed by atoms with Crippen molar-refractivity contribution in [2.45, 2.75) is 18.3 Å². The molecule has 0 spiro atoms. The van der Waals surface area contributed by atoms with Gasteiger partial charge in [0.25, 0.3) is 11.1 Å². The van der Waals surface area contributed by atoms with E-state index >= 15 is 0 Å². The number of nitrogen functional groups attached to an aromatic ring is 1. The highest BCUT2D eigenvalue weighted by atomic mass is 32.2. The number of carboxylic acids is 1. The number of aliphatic carboxylic acids is 1. The van der Waals surface area contributed by atoms with Crippen molar-refractivity contribution in [2.75, 3.05) is 12.0 Å². The Morgan fingerprint density at radius 1 is 1.36 bits per heavy atom. The van der Waals surface area contributed by atoms with Crippen molar-refractivity contribution in [3.05, 3.63) is 17.8 Å². The maximum atomic E-state index is 10.6. The number of aromatic nitrogens is 3. The van der Waals surface area contributed by atoms with Gasteiger partial charge >= 0.3 is 12.1 Å². The number of thioether (sulfide) groups is 1. The van der Waals surface area contributed by atoms with Crippen LogP contribution in [-0.4, -0.2) is 38.7 Å². The molecule has 0 aliphatic heterocycles. The molecule has 0 fully saturated rings. The molecule has 0 radical (unpaired) electrons. The molecule has 2 rings (SSSR count). The summed E-state index contributed by atoms with van der Waals surface area (Å²) < 4.78 is 37.1. The van der Waals surface area contributed by atoms with E-state index in [1.54, 1.807) is 6.07 Å². The van der Waals surface area contributed by atoms with Crippen LogP contribution in [0, 0.1) is 6.92 Å². The minimum absolute atomic E-state index is 0.476. The van der Waals surface area contributed by atoms with Crippen LogP contribution in [0.1, 0.15) is 5.69 Å². The number of hydrogen-bond acceptors (Lipinski definition) is 7. The highest BCUT2D eigenvalue weighted by molar-refractivity contribution is 7.98. The maximum Gasteiger partial charge on any atom is 0.490 e. The number of nitrogens with two attached hydrogens (primary N) is 1. The van der Waals surface area contributed by atoms with Gasteiger partial charge in [-0.25, -0.2) is 9.78 Å². The molecule has 0 amide bonds. The van der Waals surface area contributed by atoms with Crippen LogP contribution in [0.15, 0.2) is 21.8 Å². The molecule has 22 heavy (non-hydrogen) atoms. The Labute approximate surface area is 126 Å². The number of nitrogens with zero attached hydrogens (tertiary/aromatic N) is 3. The second-order valence-corrected chi connectivity index (χ2v) is 4.51. The van der Waals surface area contributed by atoms with E-state index in [2.05, 4.69) is 15.2 Å². The largest absolute Gasteiger partial charge is 0.490 e. The molecule has 0 aliphatic carbocycles. The Balaban J connectivity index is 0.000000295. The zero-order valence-electron chi connectivity index (χ0n) is 11.4. The average molecular weight is 336 g/mol. The Morgan fingerprint density at radius 3 is 2.36 bits per heavy atom. The van der Waals surface area contributed by atoms with Crippen molar-refractivity contribution in [1.29, 1.82) is 0 Å². The van der Waals surface area contributed by atoms with Crippen LogP contribution >= 0.6 is 11.8 Å². The molecule has 0 saturated carbocycles. The van der Waals surface area contributed by atoms with Gasteiger partial charge < -0.3 is 15.3 Å². The van der Waals surface area contributed by atoms with Crippen molar-refractivity contribution in [3.8, 4) is 11.5 Å². The third kappa shape index (κ3) is 4.91. The SMILES string of the molecule is CSc1nnc(-c2ccc(N)nc2C)o1.O=C(O)C(F)(F)F. The van der Waals surface area contributed by atoms with E-state index < -0.39 is 12.1 Å². The molecule has 0 bridgehead atoms. The zero-order chi connectivity index (χ0) is 16.9. The first kappa shape index (κ1) is 17.8. The van der Waals surface area contributed by atoms with E-state index in [9.17, 15) is 13.2 Å². The van der Waals surface area contributed by atoms with Gasteiger partial charge in [-0.05, 0) is 25.3 Å². The average Bonchev–Trinajstić information content (AvgIpc) is 2.87. The van der Waals surface area contributed by atoms with Crippen LogP contribution in [-0.2, 0) is 4.79 Å². The zero-order valence-corrected chi connectivity index (χ0v) is 12.2. The van der Waals surface area contributed by atoms with Crippen molar-refractivity contribution in [3.63, 3.8) is 0 Å². The number of carboxylic acid groups (broad SMARTS) is 1. The number of halogens is 3. The van der Waals surface area contributed by atoms with Crippen LogP contribution in [0.3, 0.4) is 0 Å². The molecular weight excluding hydrogens is 325 g/mol. The van der Waals surface area contributed by atoms with E-state index in [1.807, 2.05) is 19.2 Å². The molecular formula is C11H11F3N4O3S. The number of aryl methyl sites for hydroxylation is 1. The van der Waals surface area contributed by atoms with Crippen LogP contribution in [0.2, 0.25) is 0 Å². The van der Waals surface area contributed by atoms with E-state index in [-0.39, 0.29) is 0 Å². The number of anilines is 1. The predicted molar refractivity (Wildman–Crippen MR) is 72.2 cm³/mol. The van der Waals surface area contributed by atoms with Gasteiger partial charge in [-0.1, -0.05) is 11.8 Å². The molecule has 0 unspecified atom stereocenters. The fourth-order valence-electron chi connectivity index (χ4n) is 1.21. The second-order valence-electron chi connectivity index (χ2n) is 3.75. The van der Waals surface area contributed by atoms with Gasteiger partial charge in [-0.2, -0.15) is 13.2 Å².